The molecule has 0 saturated carbocycles. The number of esters is 3. The molecule has 0 bridgehead atoms. The lowest BCUT2D eigenvalue weighted by Gasteiger charge is -2.34. The van der Waals surface area contributed by atoms with Gasteiger partial charge in [0.2, 0.25) is 0 Å². The minimum atomic E-state index is -2.29. The monoisotopic (exact) mass is 410 g/mol. The van der Waals surface area contributed by atoms with E-state index in [1.807, 2.05) is 0 Å². The maximum absolute atomic E-state index is 12.8. The standard InChI is InChI=1S/C20H30N2O7/c1-6-26-17(24)20(18(25)27-7-2,28-14-9-8-12-22-13-14)15(21)10-11-16(23)29-19(3,4)5/h8-9,12-13,15H,6-7,10-11,21H2,1-5H3. The molecule has 0 amide bonds. The molecular formula is C20H30N2O7. The Hall–Kier alpha value is -2.68. The molecule has 1 atom stereocenters. The molecule has 1 aromatic rings. The van der Waals surface area contributed by atoms with E-state index in [1.54, 1.807) is 40.7 Å². The molecule has 0 aliphatic rings. The number of hydrogen-bond donors (Lipinski definition) is 1. The summed E-state index contributed by atoms with van der Waals surface area (Å²) in [7, 11) is 0. The molecule has 9 heteroatoms. The maximum atomic E-state index is 12.8. The van der Waals surface area contributed by atoms with E-state index >= 15 is 0 Å². The van der Waals surface area contributed by atoms with Gasteiger partial charge in [-0.3, -0.25) is 9.78 Å². The average molecular weight is 410 g/mol. The Bertz CT molecular complexity index is 668. The number of hydrogen-bond acceptors (Lipinski definition) is 9. The Kier molecular flexibility index (Phi) is 9.03. The summed E-state index contributed by atoms with van der Waals surface area (Å²) in [4.78, 5) is 41.7. The Labute approximate surface area is 170 Å². The van der Waals surface area contributed by atoms with Gasteiger partial charge < -0.3 is 24.7 Å². The van der Waals surface area contributed by atoms with E-state index in [-0.39, 0.29) is 31.8 Å². The average Bonchev–Trinajstić information content (AvgIpc) is 2.64. The van der Waals surface area contributed by atoms with Crippen molar-refractivity contribution < 1.29 is 33.3 Å². The Morgan fingerprint density at radius 3 is 2.14 bits per heavy atom. The summed E-state index contributed by atoms with van der Waals surface area (Å²) in [6.07, 6.45) is 2.63. The molecule has 162 valence electrons. The van der Waals surface area contributed by atoms with Crippen LogP contribution in [0.15, 0.2) is 24.5 Å². The van der Waals surface area contributed by atoms with Gasteiger partial charge in [-0.2, -0.15) is 0 Å². The van der Waals surface area contributed by atoms with Gasteiger partial charge in [-0.1, -0.05) is 0 Å². The summed E-state index contributed by atoms with van der Waals surface area (Å²) >= 11 is 0. The first-order valence-electron chi connectivity index (χ1n) is 9.47. The van der Waals surface area contributed by atoms with Crippen molar-refractivity contribution in [3.63, 3.8) is 0 Å². The minimum absolute atomic E-state index is 0.00479. The zero-order valence-corrected chi connectivity index (χ0v) is 17.6. The van der Waals surface area contributed by atoms with Crippen molar-refractivity contribution in [2.24, 2.45) is 5.73 Å². The number of ether oxygens (including phenoxy) is 4. The molecule has 0 aliphatic heterocycles. The summed E-state index contributed by atoms with van der Waals surface area (Å²) in [6, 6.07) is 1.84. The molecule has 1 heterocycles. The van der Waals surface area contributed by atoms with Crippen LogP contribution in [0, 0.1) is 0 Å². The highest BCUT2D eigenvalue weighted by atomic mass is 16.6. The molecule has 29 heavy (non-hydrogen) atoms. The van der Waals surface area contributed by atoms with E-state index in [0.717, 1.165) is 0 Å². The van der Waals surface area contributed by atoms with E-state index in [9.17, 15) is 14.4 Å². The highest BCUT2D eigenvalue weighted by Gasteiger charge is 2.57. The van der Waals surface area contributed by atoms with Crippen molar-refractivity contribution in [3.05, 3.63) is 24.5 Å². The van der Waals surface area contributed by atoms with E-state index in [2.05, 4.69) is 4.98 Å². The fourth-order valence-corrected chi connectivity index (χ4v) is 2.48. The van der Waals surface area contributed by atoms with Crippen molar-refractivity contribution in [2.45, 2.75) is 64.7 Å². The van der Waals surface area contributed by atoms with Gasteiger partial charge in [-0.25, -0.2) is 9.59 Å². The lowest BCUT2D eigenvalue weighted by Crippen LogP contribution is -2.64. The molecular weight excluding hydrogens is 380 g/mol. The Morgan fingerprint density at radius 1 is 1.10 bits per heavy atom. The number of carbonyl (C=O) groups excluding carboxylic acids is 3. The lowest BCUT2D eigenvalue weighted by molar-refractivity contribution is -0.183. The lowest BCUT2D eigenvalue weighted by atomic mass is 9.90. The van der Waals surface area contributed by atoms with Crippen molar-refractivity contribution >= 4 is 17.9 Å². The molecule has 2 N–H and O–H groups in total. The van der Waals surface area contributed by atoms with Crippen LogP contribution in [0.5, 0.6) is 5.75 Å². The molecule has 1 rings (SSSR count). The molecule has 0 radical (unpaired) electrons. The second-order valence-corrected chi connectivity index (χ2v) is 7.20. The molecule has 0 fully saturated rings. The summed E-state index contributed by atoms with van der Waals surface area (Å²) in [6.45, 7) is 8.37. The second kappa shape index (κ2) is 10.8. The van der Waals surface area contributed by atoms with Gasteiger partial charge in [0.25, 0.3) is 0 Å². The first kappa shape index (κ1) is 24.4. The van der Waals surface area contributed by atoms with E-state index in [0.29, 0.717) is 0 Å². The molecule has 0 aliphatic carbocycles. The molecule has 0 saturated heterocycles. The van der Waals surface area contributed by atoms with Crippen LogP contribution in [0.3, 0.4) is 0 Å². The van der Waals surface area contributed by atoms with Gasteiger partial charge in [0.1, 0.15) is 11.4 Å². The number of rotatable bonds is 10. The highest BCUT2D eigenvalue weighted by Crippen LogP contribution is 2.26. The summed E-state index contributed by atoms with van der Waals surface area (Å²) < 4.78 is 21.1. The third-order valence-electron chi connectivity index (χ3n) is 3.67. The third-order valence-corrected chi connectivity index (χ3v) is 3.67. The van der Waals surface area contributed by atoms with Gasteiger partial charge in [-0.05, 0) is 53.2 Å². The molecule has 0 spiro atoms. The van der Waals surface area contributed by atoms with Crippen LogP contribution in [-0.2, 0) is 28.6 Å². The predicted octanol–water partition coefficient (Wildman–Crippen LogP) is 1.77. The van der Waals surface area contributed by atoms with Crippen LogP contribution in [0.4, 0.5) is 0 Å². The van der Waals surface area contributed by atoms with Crippen LogP contribution < -0.4 is 10.5 Å². The van der Waals surface area contributed by atoms with Gasteiger partial charge in [0, 0.05) is 12.6 Å². The normalized spacial score (nSPS) is 12.6. The fraction of sp³-hybridized carbons (Fsp3) is 0.600. The quantitative estimate of drug-likeness (QED) is 0.349. The van der Waals surface area contributed by atoms with Crippen LogP contribution >= 0.6 is 0 Å². The number of pyridine rings is 1. The Morgan fingerprint density at radius 2 is 1.69 bits per heavy atom. The maximum Gasteiger partial charge on any atom is 0.364 e. The van der Waals surface area contributed by atoms with E-state index in [4.69, 9.17) is 24.7 Å². The van der Waals surface area contributed by atoms with Gasteiger partial charge in [-0.15, -0.1) is 0 Å². The van der Waals surface area contributed by atoms with Crippen LogP contribution in [0.1, 0.15) is 47.5 Å². The number of carbonyl (C=O) groups is 3. The third kappa shape index (κ3) is 7.01. The highest BCUT2D eigenvalue weighted by molar-refractivity contribution is 6.05. The summed E-state index contributed by atoms with van der Waals surface area (Å²) in [5.74, 6) is -2.39. The Balaban J connectivity index is 3.22. The number of aromatic nitrogens is 1. The SMILES string of the molecule is CCOC(=O)C(Oc1cccnc1)(C(=O)OCC)C(N)CCC(=O)OC(C)(C)C. The molecule has 1 aromatic heterocycles. The van der Waals surface area contributed by atoms with Crippen molar-refractivity contribution in [3.8, 4) is 5.75 Å². The fourth-order valence-electron chi connectivity index (χ4n) is 2.48. The number of nitrogens with two attached hydrogens (primary N) is 1. The summed E-state index contributed by atoms with van der Waals surface area (Å²) in [5, 5.41) is 0. The first-order chi connectivity index (χ1) is 13.6. The van der Waals surface area contributed by atoms with E-state index < -0.39 is 35.2 Å². The predicted molar refractivity (Wildman–Crippen MR) is 104 cm³/mol. The van der Waals surface area contributed by atoms with E-state index in [1.165, 1.54) is 18.5 Å². The zero-order valence-electron chi connectivity index (χ0n) is 17.6. The van der Waals surface area contributed by atoms with Gasteiger partial charge >= 0.3 is 23.5 Å². The molecule has 1 unspecified atom stereocenters. The largest absolute Gasteiger partial charge is 0.463 e. The first-order valence-corrected chi connectivity index (χ1v) is 9.47. The summed E-state index contributed by atoms with van der Waals surface area (Å²) in [5.41, 5.74) is 3.25. The smallest absolute Gasteiger partial charge is 0.364 e. The molecule has 0 aromatic carbocycles. The van der Waals surface area contributed by atoms with Crippen molar-refractivity contribution in [2.75, 3.05) is 13.2 Å². The zero-order chi connectivity index (χ0) is 22.1. The minimum Gasteiger partial charge on any atom is -0.463 e. The second-order valence-electron chi connectivity index (χ2n) is 7.20. The number of nitrogens with zero attached hydrogens (tertiary/aromatic N) is 1. The van der Waals surface area contributed by atoms with Crippen molar-refractivity contribution in [1.29, 1.82) is 0 Å². The molecule has 9 nitrogen and oxygen atoms in total. The van der Waals surface area contributed by atoms with Gasteiger partial charge in [0.05, 0.1) is 25.5 Å². The topological polar surface area (TPSA) is 127 Å². The van der Waals surface area contributed by atoms with Gasteiger partial charge in [0.15, 0.2) is 0 Å². The van der Waals surface area contributed by atoms with Crippen LogP contribution in [0.25, 0.3) is 0 Å². The van der Waals surface area contributed by atoms with Crippen molar-refractivity contribution in [1.82, 2.24) is 4.98 Å². The van der Waals surface area contributed by atoms with Crippen LogP contribution in [0.2, 0.25) is 0 Å². The van der Waals surface area contributed by atoms with Crippen LogP contribution in [-0.4, -0.2) is 53.3 Å².